The van der Waals surface area contributed by atoms with Crippen LogP contribution in [0.15, 0.2) is 36.4 Å². The van der Waals surface area contributed by atoms with Crippen molar-refractivity contribution in [2.45, 2.75) is 150 Å². The largest absolute Gasteiger partial charge is 0.507 e. The molecule has 0 heterocycles. The summed E-state index contributed by atoms with van der Waals surface area (Å²) in [4.78, 5) is 53.7. The van der Waals surface area contributed by atoms with E-state index in [1.165, 1.54) is 50.7 Å². The maximum Gasteiger partial charge on any atom is 0.273 e. The normalized spacial score (nSPS) is 11.2. The molecule has 0 saturated carbocycles. The molecule has 0 unspecified atom stereocenters. The topological polar surface area (TPSA) is 157 Å². The van der Waals surface area contributed by atoms with Crippen LogP contribution in [0.1, 0.15) is 169 Å². The van der Waals surface area contributed by atoms with Gasteiger partial charge in [0.15, 0.2) is 0 Å². The molecule has 0 fully saturated rings. The summed E-state index contributed by atoms with van der Waals surface area (Å²) in [5.74, 6) is -3.22. The molecule has 10 nitrogen and oxygen atoms in total. The minimum atomic E-state index is -1.60. The van der Waals surface area contributed by atoms with Crippen LogP contribution >= 0.6 is 0 Å². The first-order chi connectivity index (χ1) is 24.1. The van der Waals surface area contributed by atoms with Crippen LogP contribution in [0.3, 0.4) is 0 Å². The lowest BCUT2D eigenvalue weighted by Gasteiger charge is -2.31. The Morgan fingerprint density at radius 3 is 1.28 bits per heavy atom. The molecule has 0 saturated heterocycles. The van der Waals surface area contributed by atoms with Gasteiger partial charge < -0.3 is 10.2 Å². The standard InChI is InChI=1S/C40H62N4O6/c1-5-9-13-15-17-20-30-22-24-32(34(45)28-30)36(47)41-43-38(49)40(26-12-8-4,27-19-11-7-3)39(50)44-42-37(48)33-25-23-31(29-35(33)46)21-18-16-14-10-6-2/h22-25,28-29,45-46H,5-21,26-27H2,1-4H3,(H,41,47)(H,42,48)(H,43,49)(H,44,50). The quantitative estimate of drug-likeness (QED) is 0.0392. The van der Waals surface area contributed by atoms with Crippen LogP contribution in [-0.2, 0) is 22.4 Å². The van der Waals surface area contributed by atoms with Gasteiger partial charge in [-0.3, -0.25) is 40.9 Å². The minimum absolute atomic E-state index is 0.00390. The van der Waals surface area contributed by atoms with Gasteiger partial charge in [-0.25, -0.2) is 0 Å². The first-order valence-corrected chi connectivity index (χ1v) is 19.0. The average molecular weight is 695 g/mol. The van der Waals surface area contributed by atoms with Gasteiger partial charge in [0, 0.05) is 0 Å². The number of hydrogen-bond donors (Lipinski definition) is 6. The summed E-state index contributed by atoms with van der Waals surface area (Å²) in [7, 11) is 0. The Morgan fingerprint density at radius 1 is 0.500 bits per heavy atom. The smallest absolute Gasteiger partial charge is 0.273 e. The number of carbonyl (C=O) groups excluding carboxylic acids is 4. The Kier molecular flexibility index (Phi) is 19.7. The maximum absolute atomic E-state index is 13.8. The zero-order chi connectivity index (χ0) is 36.8. The summed E-state index contributed by atoms with van der Waals surface area (Å²) in [6.07, 6.45) is 16.7. The highest BCUT2D eigenvalue weighted by Gasteiger charge is 2.45. The van der Waals surface area contributed by atoms with Crippen LogP contribution in [0.2, 0.25) is 0 Å². The second kappa shape index (κ2) is 23.3. The molecule has 278 valence electrons. The molecule has 0 aliphatic carbocycles. The number of hydrazine groups is 2. The van der Waals surface area contributed by atoms with Crippen molar-refractivity contribution in [3.05, 3.63) is 58.7 Å². The Morgan fingerprint density at radius 2 is 0.880 bits per heavy atom. The van der Waals surface area contributed by atoms with Gasteiger partial charge >= 0.3 is 0 Å². The number of phenols is 2. The van der Waals surface area contributed by atoms with Crippen molar-refractivity contribution in [3.63, 3.8) is 0 Å². The predicted molar refractivity (Wildman–Crippen MR) is 198 cm³/mol. The molecule has 0 radical (unpaired) electrons. The molecule has 4 amide bonds. The Labute approximate surface area is 299 Å². The summed E-state index contributed by atoms with van der Waals surface area (Å²) in [6.45, 7) is 8.30. The molecule has 2 rings (SSSR count). The fourth-order valence-electron chi connectivity index (χ4n) is 6.15. The molecule has 6 N–H and O–H groups in total. The number of aromatic hydroxyl groups is 2. The van der Waals surface area contributed by atoms with Crippen molar-refractivity contribution >= 4 is 23.6 Å². The van der Waals surface area contributed by atoms with E-state index >= 15 is 0 Å². The van der Waals surface area contributed by atoms with Crippen molar-refractivity contribution in [1.82, 2.24) is 21.7 Å². The number of benzene rings is 2. The summed E-state index contributed by atoms with van der Waals surface area (Å²) >= 11 is 0. The van der Waals surface area contributed by atoms with Crippen LogP contribution in [0.5, 0.6) is 11.5 Å². The van der Waals surface area contributed by atoms with Crippen molar-refractivity contribution in [2.75, 3.05) is 0 Å². The van der Waals surface area contributed by atoms with Gasteiger partial charge in [-0.2, -0.15) is 0 Å². The molecular formula is C40H62N4O6. The van der Waals surface area contributed by atoms with E-state index in [0.717, 1.165) is 62.5 Å². The monoisotopic (exact) mass is 694 g/mol. The number of carbonyl (C=O) groups is 4. The van der Waals surface area contributed by atoms with Gasteiger partial charge in [-0.15, -0.1) is 0 Å². The van der Waals surface area contributed by atoms with Gasteiger partial charge in [0.1, 0.15) is 16.9 Å². The Balaban J connectivity index is 2.12. The highest BCUT2D eigenvalue weighted by atomic mass is 16.3. The van der Waals surface area contributed by atoms with Crippen LogP contribution in [0.4, 0.5) is 0 Å². The molecule has 0 atom stereocenters. The van der Waals surface area contributed by atoms with Gasteiger partial charge in [0.25, 0.3) is 23.6 Å². The highest BCUT2D eigenvalue weighted by molar-refractivity contribution is 6.07. The zero-order valence-electron chi connectivity index (χ0n) is 30.9. The molecule has 2 aromatic carbocycles. The first-order valence-electron chi connectivity index (χ1n) is 19.0. The third kappa shape index (κ3) is 13.7. The maximum atomic E-state index is 13.8. The molecule has 0 aliphatic rings. The number of hydrogen-bond acceptors (Lipinski definition) is 6. The average Bonchev–Trinajstić information content (AvgIpc) is 3.10. The van der Waals surface area contributed by atoms with E-state index in [4.69, 9.17) is 0 Å². The van der Waals surface area contributed by atoms with Crippen LogP contribution in [0.25, 0.3) is 0 Å². The third-order valence-electron chi connectivity index (χ3n) is 9.36. The predicted octanol–water partition coefficient (Wildman–Crippen LogP) is 8.10. The molecule has 0 aromatic heterocycles. The van der Waals surface area contributed by atoms with E-state index in [2.05, 4.69) is 35.6 Å². The van der Waals surface area contributed by atoms with Gasteiger partial charge in [0.2, 0.25) is 0 Å². The SMILES string of the molecule is CCCCCCCc1ccc(C(=O)NNC(=O)C(CCCC)(CCCCC)C(=O)NNC(=O)c2ccc(CCCCCCC)cc2O)c(O)c1. The summed E-state index contributed by atoms with van der Waals surface area (Å²) in [6, 6.07) is 9.79. The number of amides is 4. The van der Waals surface area contributed by atoms with Crippen LogP contribution < -0.4 is 21.7 Å². The van der Waals surface area contributed by atoms with Gasteiger partial charge in [0.05, 0.1) is 11.1 Å². The molecule has 10 heteroatoms. The van der Waals surface area contributed by atoms with Crippen molar-refractivity contribution in [1.29, 1.82) is 0 Å². The third-order valence-corrected chi connectivity index (χ3v) is 9.36. The van der Waals surface area contributed by atoms with Crippen molar-refractivity contribution in [2.24, 2.45) is 5.41 Å². The summed E-state index contributed by atoms with van der Waals surface area (Å²) < 4.78 is 0. The first kappa shape index (κ1) is 42.1. The summed E-state index contributed by atoms with van der Waals surface area (Å²) in [5.41, 5.74) is 9.89. The van der Waals surface area contributed by atoms with Crippen LogP contribution in [-0.4, -0.2) is 33.8 Å². The van der Waals surface area contributed by atoms with E-state index in [1.807, 2.05) is 13.8 Å². The van der Waals surface area contributed by atoms with E-state index in [-0.39, 0.29) is 35.5 Å². The molecule has 0 bridgehead atoms. The zero-order valence-corrected chi connectivity index (χ0v) is 30.9. The lowest BCUT2D eigenvalue weighted by atomic mass is 9.76. The lowest BCUT2D eigenvalue weighted by Crippen LogP contribution is -2.58. The van der Waals surface area contributed by atoms with Crippen molar-refractivity contribution < 1.29 is 29.4 Å². The second-order valence-electron chi connectivity index (χ2n) is 13.5. The Hall–Kier alpha value is -4.08. The van der Waals surface area contributed by atoms with E-state index < -0.39 is 29.0 Å². The van der Waals surface area contributed by atoms with Gasteiger partial charge in [-0.05, 0) is 73.9 Å². The fraction of sp³-hybridized carbons (Fsp3) is 0.600. The second-order valence-corrected chi connectivity index (χ2v) is 13.5. The molecular weight excluding hydrogens is 632 g/mol. The number of phenolic OH excluding ortho intramolecular Hbond substituents is 2. The van der Waals surface area contributed by atoms with E-state index in [9.17, 15) is 29.4 Å². The number of aryl methyl sites for hydroxylation is 2. The number of rotatable bonds is 23. The Bertz CT molecular complexity index is 1270. The van der Waals surface area contributed by atoms with E-state index in [0.29, 0.717) is 19.3 Å². The lowest BCUT2D eigenvalue weighted by molar-refractivity contribution is -0.146. The van der Waals surface area contributed by atoms with E-state index in [1.54, 1.807) is 24.3 Å². The fourth-order valence-corrected chi connectivity index (χ4v) is 6.15. The number of nitrogens with one attached hydrogen (secondary N) is 4. The molecule has 0 aliphatic heterocycles. The molecule has 2 aromatic rings. The molecule has 50 heavy (non-hydrogen) atoms. The van der Waals surface area contributed by atoms with Gasteiger partial charge in [-0.1, -0.05) is 123 Å². The number of unbranched alkanes of at least 4 members (excludes halogenated alkanes) is 11. The highest BCUT2D eigenvalue weighted by Crippen LogP contribution is 2.33. The van der Waals surface area contributed by atoms with Crippen molar-refractivity contribution in [3.8, 4) is 11.5 Å². The minimum Gasteiger partial charge on any atom is -0.507 e. The summed E-state index contributed by atoms with van der Waals surface area (Å²) in [5, 5.41) is 21.2. The molecule has 0 spiro atoms. The van der Waals surface area contributed by atoms with Crippen LogP contribution in [0, 0.1) is 5.41 Å².